The molecule has 0 aliphatic rings. The van der Waals surface area contributed by atoms with Crippen molar-refractivity contribution in [1.29, 1.82) is 0 Å². The number of para-hydroxylation sites is 2. The number of hydrogen-bond acceptors (Lipinski definition) is 1. The molecule has 0 fully saturated rings. The Morgan fingerprint density at radius 2 is 0.955 bits per heavy atom. The summed E-state index contributed by atoms with van der Waals surface area (Å²) in [6.45, 7) is 0. The van der Waals surface area contributed by atoms with Gasteiger partial charge in [-0.25, -0.2) is 0 Å². The summed E-state index contributed by atoms with van der Waals surface area (Å²) < 4.78 is 0.177. The van der Waals surface area contributed by atoms with Gasteiger partial charge in [0.15, 0.2) is 0 Å². The molecule has 0 bridgehead atoms. The van der Waals surface area contributed by atoms with Gasteiger partial charge in [-0.1, -0.05) is 54.0 Å². The van der Waals surface area contributed by atoms with Crippen molar-refractivity contribution < 1.29 is 0 Å². The molecule has 0 spiro atoms. The van der Waals surface area contributed by atoms with E-state index in [2.05, 4.69) is 109 Å². The van der Waals surface area contributed by atoms with Crippen LogP contribution < -0.4 is 10.4 Å². The lowest BCUT2D eigenvalue weighted by Crippen LogP contribution is -2.17. The van der Waals surface area contributed by atoms with Gasteiger partial charge in [-0.3, -0.25) is 0 Å². The Bertz CT molecular complexity index is 676. The van der Waals surface area contributed by atoms with E-state index in [0.717, 1.165) is 17.1 Å². The van der Waals surface area contributed by atoms with Crippen LogP contribution in [0, 0.1) is 0 Å². The van der Waals surface area contributed by atoms with Crippen molar-refractivity contribution in [3.8, 4) is 0 Å². The minimum Gasteiger partial charge on any atom is -0.311 e. The van der Waals surface area contributed by atoms with Crippen molar-refractivity contribution in [2.24, 2.45) is 0 Å². The Hall–Kier alpha value is -1.52. The molecule has 0 aliphatic carbocycles. The van der Waals surface area contributed by atoms with E-state index < -0.39 is 0 Å². The third-order valence-corrected chi connectivity index (χ3v) is 4.49. The Labute approximate surface area is 148 Å². The first-order chi connectivity index (χ1) is 10.8. The minimum atomic E-state index is 0.177. The lowest BCUT2D eigenvalue weighted by atomic mass is 9.95. The quantitative estimate of drug-likeness (QED) is 0.499. The first-order valence-corrected chi connectivity index (χ1v) is 8.87. The van der Waals surface area contributed by atoms with Gasteiger partial charge in [0, 0.05) is 17.1 Å². The number of benzene rings is 3. The van der Waals surface area contributed by atoms with Crippen molar-refractivity contribution >= 4 is 58.4 Å². The fourth-order valence-corrected chi connectivity index (χ4v) is 2.98. The van der Waals surface area contributed by atoms with Crippen LogP contribution in [-0.4, -0.2) is 4.36 Å². The second-order valence-corrected chi connectivity index (χ2v) is 7.96. The lowest BCUT2D eigenvalue weighted by molar-refractivity contribution is 1.29. The number of halogens is 2. The molecule has 0 heterocycles. The Kier molecular flexibility index (Phi) is 5.01. The summed E-state index contributed by atoms with van der Waals surface area (Å²) in [6.07, 6.45) is 0. The average molecular weight is 415 g/mol. The Morgan fingerprint density at radius 3 is 1.36 bits per heavy atom. The van der Waals surface area contributed by atoms with Crippen molar-refractivity contribution in [3.05, 3.63) is 84.9 Å². The molecule has 3 rings (SSSR count). The summed E-state index contributed by atoms with van der Waals surface area (Å²) in [6, 6.07) is 29.4. The highest BCUT2D eigenvalue weighted by atomic mass is 79.9. The summed E-state index contributed by atoms with van der Waals surface area (Å²) in [7, 11) is 0. The van der Waals surface area contributed by atoms with Gasteiger partial charge in [0.05, 0.1) is 0 Å². The van der Waals surface area contributed by atoms with Gasteiger partial charge in [-0.05, 0) is 36.4 Å². The zero-order valence-corrected chi connectivity index (χ0v) is 15.0. The van der Waals surface area contributed by atoms with Crippen LogP contribution >= 0.6 is 31.5 Å². The Morgan fingerprint density at radius 1 is 0.545 bits per heavy atom. The van der Waals surface area contributed by atoms with E-state index in [4.69, 9.17) is 0 Å². The zero-order chi connectivity index (χ0) is 15.4. The standard InChI is InChI=1S/C18H14BBr2N/c20-19(21)15-11-13-18(14-12-15)22(16-7-3-1-4-8-16)17-9-5-2-6-10-17/h1-14H. The second-order valence-electron chi connectivity index (χ2n) is 4.90. The van der Waals surface area contributed by atoms with Crippen molar-refractivity contribution in [1.82, 2.24) is 0 Å². The Balaban J connectivity index is 2.06. The van der Waals surface area contributed by atoms with Crippen LogP contribution in [0.1, 0.15) is 0 Å². The largest absolute Gasteiger partial charge is 0.329 e. The summed E-state index contributed by atoms with van der Waals surface area (Å²) in [4.78, 5) is 2.25. The maximum absolute atomic E-state index is 3.54. The van der Waals surface area contributed by atoms with Gasteiger partial charge in [0.25, 0.3) is 0 Å². The van der Waals surface area contributed by atoms with Gasteiger partial charge in [-0.2, -0.15) is 0 Å². The van der Waals surface area contributed by atoms with Gasteiger partial charge >= 0.3 is 4.36 Å². The molecule has 0 aromatic heterocycles. The topological polar surface area (TPSA) is 3.24 Å². The highest BCUT2D eigenvalue weighted by Crippen LogP contribution is 2.33. The molecule has 3 aromatic rings. The van der Waals surface area contributed by atoms with E-state index in [9.17, 15) is 0 Å². The fraction of sp³-hybridized carbons (Fsp3) is 0. The third kappa shape index (κ3) is 3.45. The number of anilines is 3. The van der Waals surface area contributed by atoms with E-state index in [-0.39, 0.29) is 4.36 Å². The first kappa shape index (κ1) is 15.4. The molecule has 0 aliphatic heterocycles. The summed E-state index contributed by atoms with van der Waals surface area (Å²) in [5.74, 6) is 0. The van der Waals surface area contributed by atoms with Crippen LogP contribution in [0.5, 0.6) is 0 Å². The molecule has 3 aromatic carbocycles. The van der Waals surface area contributed by atoms with Gasteiger partial charge in [0.1, 0.15) is 0 Å². The minimum absolute atomic E-state index is 0.177. The molecule has 4 heteroatoms. The first-order valence-electron chi connectivity index (χ1n) is 7.04. The van der Waals surface area contributed by atoms with E-state index in [1.807, 2.05) is 12.1 Å². The number of nitrogens with zero attached hydrogens (tertiary/aromatic N) is 1. The molecule has 1 nitrogen and oxygen atoms in total. The molecule has 0 saturated carbocycles. The normalized spacial score (nSPS) is 10.3. The molecule has 0 amide bonds. The smallest absolute Gasteiger partial charge is 0.311 e. The summed E-state index contributed by atoms with van der Waals surface area (Å²) in [5, 5.41) is 0. The molecule has 0 saturated heterocycles. The summed E-state index contributed by atoms with van der Waals surface area (Å²) >= 11 is 7.07. The van der Waals surface area contributed by atoms with Crippen LogP contribution in [0.15, 0.2) is 84.9 Å². The van der Waals surface area contributed by atoms with E-state index >= 15 is 0 Å². The van der Waals surface area contributed by atoms with Gasteiger partial charge in [-0.15, -0.1) is 31.5 Å². The molecule has 0 atom stereocenters. The number of rotatable bonds is 4. The molecular formula is C18H14BBr2N. The summed E-state index contributed by atoms with van der Waals surface area (Å²) in [5.41, 5.74) is 4.64. The predicted octanol–water partition coefficient (Wildman–Crippen LogP) is 5.64. The van der Waals surface area contributed by atoms with Crippen LogP contribution in [0.4, 0.5) is 17.1 Å². The molecule has 108 valence electrons. The zero-order valence-electron chi connectivity index (χ0n) is 11.9. The highest BCUT2D eigenvalue weighted by Gasteiger charge is 2.13. The predicted molar refractivity (Wildman–Crippen MR) is 104 cm³/mol. The van der Waals surface area contributed by atoms with E-state index in [1.165, 1.54) is 5.46 Å². The molecule has 0 radical (unpaired) electrons. The van der Waals surface area contributed by atoms with Crippen molar-refractivity contribution in [3.63, 3.8) is 0 Å². The van der Waals surface area contributed by atoms with Crippen LogP contribution in [-0.2, 0) is 0 Å². The van der Waals surface area contributed by atoms with Gasteiger partial charge in [0.2, 0.25) is 0 Å². The molecule has 0 unspecified atom stereocenters. The maximum atomic E-state index is 3.54. The lowest BCUT2D eigenvalue weighted by Gasteiger charge is -2.25. The van der Waals surface area contributed by atoms with Crippen LogP contribution in [0.25, 0.3) is 0 Å². The average Bonchev–Trinajstić information content (AvgIpc) is 2.57. The van der Waals surface area contributed by atoms with Crippen LogP contribution in [0.2, 0.25) is 0 Å². The fourth-order valence-electron chi connectivity index (χ4n) is 2.37. The van der Waals surface area contributed by atoms with Crippen molar-refractivity contribution in [2.75, 3.05) is 4.90 Å². The maximum Gasteiger partial charge on any atom is 0.329 e. The number of hydrogen-bond donors (Lipinski definition) is 0. The second kappa shape index (κ2) is 7.16. The van der Waals surface area contributed by atoms with Crippen LogP contribution in [0.3, 0.4) is 0 Å². The molecule has 0 N–H and O–H groups in total. The SMILES string of the molecule is BrB(Br)c1ccc(N(c2ccccc2)c2ccccc2)cc1. The van der Waals surface area contributed by atoms with Crippen molar-refractivity contribution in [2.45, 2.75) is 0 Å². The van der Waals surface area contributed by atoms with Gasteiger partial charge < -0.3 is 4.90 Å². The van der Waals surface area contributed by atoms with E-state index in [0.29, 0.717) is 0 Å². The van der Waals surface area contributed by atoms with E-state index in [1.54, 1.807) is 0 Å². The monoisotopic (exact) mass is 413 g/mol. The molecular weight excluding hydrogens is 401 g/mol. The third-order valence-electron chi connectivity index (χ3n) is 3.43. The molecule has 22 heavy (non-hydrogen) atoms. The highest BCUT2D eigenvalue weighted by molar-refractivity contribution is 9.49.